The molecule has 6 heteroatoms. The fourth-order valence-corrected chi connectivity index (χ4v) is 2.53. The molecule has 1 aliphatic rings. The standard InChI is InChI=1S/C14H19N3O3/c1-15-12-6-8-16(9-7-12)14(18)10-11-4-2-3-5-13(11)17(19)20/h2-5,12,15H,6-10H2,1H3. The van der Waals surface area contributed by atoms with Gasteiger partial charge < -0.3 is 10.2 Å². The molecular formula is C14H19N3O3. The highest BCUT2D eigenvalue weighted by molar-refractivity contribution is 5.80. The molecule has 0 unspecified atom stereocenters. The maximum atomic E-state index is 12.2. The van der Waals surface area contributed by atoms with Crippen molar-refractivity contribution in [2.75, 3.05) is 20.1 Å². The minimum Gasteiger partial charge on any atom is -0.342 e. The van der Waals surface area contributed by atoms with Crippen LogP contribution in [0.25, 0.3) is 0 Å². The Morgan fingerprint density at radius 1 is 1.40 bits per heavy atom. The highest BCUT2D eigenvalue weighted by Crippen LogP contribution is 2.20. The van der Waals surface area contributed by atoms with Crippen LogP contribution in [0.1, 0.15) is 18.4 Å². The summed E-state index contributed by atoms with van der Waals surface area (Å²) in [5.41, 5.74) is 0.504. The van der Waals surface area contributed by atoms with E-state index in [1.54, 1.807) is 23.1 Å². The van der Waals surface area contributed by atoms with Gasteiger partial charge in [0.2, 0.25) is 5.91 Å². The van der Waals surface area contributed by atoms with Gasteiger partial charge in [0, 0.05) is 30.8 Å². The fraction of sp³-hybridized carbons (Fsp3) is 0.500. The van der Waals surface area contributed by atoms with E-state index >= 15 is 0 Å². The molecule has 1 fully saturated rings. The molecule has 1 saturated heterocycles. The third-order valence-electron chi connectivity index (χ3n) is 3.79. The third-order valence-corrected chi connectivity index (χ3v) is 3.79. The van der Waals surface area contributed by atoms with E-state index in [1.807, 2.05) is 7.05 Å². The number of nitrogens with zero attached hydrogens (tertiary/aromatic N) is 2. The summed E-state index contributed by atoms with van der Waals surface area (Å²) in [6.07, 6.45) is 1.96. The summed E-state index contributed by atoms with van der Waals surface area (Å²) in [6.45, 7) is 1.43. The average Bonchev–Trinajstić information content (AvgIpc) is 2.47. The predicted molar refractivity (Wildman–Crippen MR) is 75.5 cm³/mol. The van der Waals surface area contributed by atoms with Crippen LogP contribution < -0.4 is 5.32 Å². The molecule has 0 aliphatic carbocycles. The van der Waals surface area contributed by atoms with Crippen molar-refractivity contribution >= 4 is 11.6 Å². The van der Waals surface area contributed by atoms with Gasteiger partial charge in [0.1, 0.15) is 0 Å². The Morgan fingerprint density at radius 2 is 2.05 bits per heavy atom. The minimum absolute atomic E-state index is 0.0194. The first-order valence-electron chi connectivity index (χ1n) is 6.79. The molecule has 0 aromatic heterocycles. The number of carbonyl (C=O) groups is 1. The SMILES string of the molecule is CNC1CCN(C(=O)Cc2ccccc2[N+](=O)[O-])CC1. The van der Waals surface area contributed by atoms with Crippen molar-refractivity contribution in [2.45, 2.75) is 25.3 Å². The largest absolute Gasteiger partial charge is 0.342 e. The predicted octanol–water partition coefficient (Wildman–Crippen LogP) is 1.35. The highest BCUT2D eigenvalue weighted by atomic mass is 16.6. The number of piperidine rings is 1. The van der Waals surface area contributed by atoms with Gasteiger partial charge in [0.05, 0.1) is 11.3 Å². The number of hydrogen-bond donors (Lipinski definition) is 1. The van der Waals surface area contributed by atoms with E-state index in [9.17, 15) is 14.9 Å². The molecule has 1 heterocycles. The Kier molecular flexibility index (Phi) is 4.68. The van der Waals surface area contributed by atoms with E-state index in [1.165, 1.54) is 6.07 Å². The van der Waals surface area contributed by atoms with E-state index in [2.05, 4.69) is 5.32 Å². The van der Waals surface area contributed by atoms with Crippen LogP contribution >= 0.6 is 0 Å². The Labute approximate surface area is 117 Å². The smallest absolute Gasteiger partial charge is 0.273 e. The van der Waals surface area contributed by atoms with Gasteiger partial charge in [-0.05, 0) is 19.9 Å². The zero-order chi connectivity index (χ0) is 14.5. The van der Waals surface area contributed by atoms with Crippen molar-refractivity contribution in [3.8, 4) is 0 Å². The second kappa shape index (κ2) is 6.47. The molecular weight excluding hydrogens is 258 g/mol. The molecule has 1 aromatic carbocycles. The topological polar surface area (TPSA) is 75.5 Å². The second-order valence-corrected chi connectivity index (χ2v) is 5.01. The molecule has 0 bridgehead atoms. The summed E-state index contributed by atoms with van der Waals surface area (Å²) in [6, 6.07) is 6.89. The number of nitrogens with one attached hydrogen (secondary N) is 1. The number of amides is 1. The van der Waals surface area contributed by atoms with Gasteiger partial charge in [-0.25, -0.2) is 0 Å². The zero-order valence-corrected chi connectivity index (χ0v) is 11.5. The van der Waals surface area contributed by atoms with Crippen LogP contribution in [-0.2, 0) is 11.2 Å². The summed E-state index contributed by atoms with van der Waals surface area (Å²) in [7, 11) is 1.93. The van der Waals surface area contributed by atoms with Crippen LogP contribution in [-0.4, -0.2) is 41.9 Å². The summed E-state index contributed by atoms with van der Waals surface area (Å²) in [5, 5.41) is 14.1. The monoisotopic (exact) mass is 277 g/mol. The van der Waals surface area contributed by atoms with Crippen LogP contribution in [0, 0.1) is 10.1 Å². The van der Waals surface area contributed by atoms with Gasteiger partial charge in [-0.1, -0.05) is 18.2 Å². The first-order chi connectivity index (χ1) is 9.61. The minimum atomic E-state index is -0.435. The molecule has 0 spiro atoms. The number of para-hydroxylation sites is 1. The van der Waals surface area contributed by atoms with Crippen LogP contribution in [0.3, 0.4) is 0 Å². The number of hydrogen-bond acceptors (Lipinski definition) is 4. The molecule has 0 atom stereocenters. The Bertz CT molecular complexity index is 496. The molecule has 6 nitrogen and oxygen atoms in total. The molecule has 108 valence electrons. The summed E-state index contributed by atoms with van der Waals surface area (Å²) >= 11 is 0. The van der Waals surface area contributed by atoms with Crippen LogP contribution in [0.5, 0.6) is 0 Å². The van der Waals surface area contributed by atoms with Crippen molar-refractivity contribution in [2.24, 2.45) is 0 Å². The van der Waals surface area contributed by atoms with Crippen molar-refractivity contribution in [1.29, 1.82) is 0 Å². The highest BCUT2D eigenvalue weighted by Gasteiger charge is 2.23. The Morgan fingerprint density at radius 3 is 2.65 bits per heavy atom. The third kappa shape index (κ3) is 3.33. The van der Waals surface area contributed by atoms with Crippen LogP contribution in [0.2, 0.25) is 0 Å². The molecule has 2 rings (SSSR count). The van der Waals surface area contributed by atoms with Gasteiger partial charge >= 0.3 is 0 Å². The van der Waals surface area contributed by atoms with E-state index in [0.717, 1.165) is 12.8 Å². The van der Waals surface area contributed by atoms with Crippen molar-refractivity contribution in [3.05, 3.63) is 39.9 Å². The number of nitro benzene ring substituents is 1. The van der Waals surface area contributed by atoms with Crippen LogP contribution in [0.15, 0.2) is 24.3 Å². The summed E-state index contributed by atoms with van der Waals surface area (Å²) in [4.78, 5) is 24.5. The van der Waals surface area contributed by atoms with Gasteiger partial charge in [0.15, 0.2) is 0 Å². The number of likely N-dealkylation sites (tertiary alicyclic amines) is 1. The average molecular weight is 277 g/mol. The number of nitro groups is 1. The lowest BCUT2D eigenvalue weighted by Gasteiger charge is -2.31. The van der Waals surface area contributed by atoms with Crippen molar-refractivity contribution in [1.82, 2.24) is 10.2 Å². The lowest BCUT2D eigenvalue weighted by Crippen LogP contribution is -2.44. The van der Waals surface area contributed by atoms with Crippen molar-refractivity contribution < 1.29 is 9.72 Å². The summed E-state index contributed by atoms with van der Waals surface area (Å²) < 4.78 is 0. The van der Waals surface area contributed by atoms with Gasteiger partial charge in [-0.2, -0.15) is 0 Å². The lowest BCUT2D eigenvalue weighted by molar-refractivity contribution is -0.385. The molecule has 1 N–H and O–H groups in total. The number of rotatable bonds is 4. The van der Waals surface area contributed by atoms with E-state index in [0.29, 0.717) is 24.7 Å². The molecule has 1 aromatic rings. The fourth-order valence-electron chi connectivity index (χ4n) is 2.53. The first-order valence-corrected chi connectivity index (χ1v) is 6.79. The maximum Gasteiger partial charge on any atom is 0.273 e. The molecule has 1 aliphatic heterocycles. The normalized spacial score (nSPS) is 16.1. The molecule has 0 saturated carbocycles. The van der Waals surface area contributed by atoms with Crippen molar-refractivity contribution in [3.63, 3.8) is 0 Å². The van der Waals surface area contributed by atoms with Gasteiger partial charge in [-0.3, -0.25) is 14.9 Å². The van der Waals surface area contributed by atoms with Gasteiger partial charge in [0.25, 0.3) is 5.69 Å². The number of carbonyl (C=O) groups excluding carboxylic acids is 1. The van der Waals surface area contributed by atoms with E-state index in [-0.39, 0.29) is 18.0 Å². The van der Waals surface area contributed by atoms with Crippen LogP contribution in [0.4, 0.5) is 5.69 Å². The molecule has 20 heavy (non-hydrogen) atoms. The Hall–Kier alpha value is -1.95. The lowest BCUT2D eigenvalue weighted by atomic mass is 10.0. The summed E-state index contributed by atoms with van der Waals surface area (Å²) in [5.74, 6) is -0.0335. The van der Waals surface area contributed by atoms with E-state index < -0.39 is 4.92 Å². The van der Waals surface area contributed by atoms with E-state index in [4.69, 9.17) is 0 Å². The zero-order valence-electron chi connectivity index (χ0n) is 11.5. The number of benzene rings is 1. The Balaban J connectivity index is 2.00. The first kappa shape index (κ1) is 14.5. The second-order valence-electron chi connectivity index (χ2n) is 5.01. The maximum absolute atomic E-state index is 12.2. The molecule has 0 radical (unpaired) electrons. The quantitative estimate of drug-likeness (QED) is 0.666. The molecule has 1 amide bonds. The van der Waals surface area contributed by atoms with Gasteiger partial charge in [-0.15, -0.1) is 0 Å².